The van der Waals surface area contributed by atoms with Gasteiger partial charge in [0, 0.05) is 6.20 Å². The van der Waals surface area contributed by atoms with Crippen LogP contribution in [0.3, 0.4) is 0 Å². The predicted molar refractivity (Wildman–Crippen MR) is 54.4 cm³/mol. The topological polar surface area (TPSA) is 65.5 Å². The van der Waals surface area contributed by atoms with E-state index >= 15 is 0 Å². The predicted octanol–water partition coefficient (Wildman–Crippen LogP) is 2.16. The molecule has 0 saturated heterocycles. The Morgan fingerprint density at radius 2 is 2.27 bits per heavy atom. The van der Waals surface area contributed by atoms with Gasteiger partial charge >= 0.3 is 12.1 Å². The lowest BCUT2D eigenvalue weighted by atomic mass is 10.3. The molecule has 0 aliphatic carbocycles. The summed E-state index contributed by atoms with van der Waals surface area (Å²) in [5.74, 6) is -0.798. The zero-order chi connectivity index (χ0) is 11.3. The number of carbonyl (C=O) groups is 2. The van der Waals surface area contributed by atoms with Gasteiger partial charge in [-0.25, -0.2) is 14.6 Å². The van der Waals surface area contributed by atoms with Crippen molar-refractivity contribution >= 4 is 28.1 Å². The summed E-state index contributed by atoms with van der Waals surface area (Å²) in [7, 11) is 0. The SMILES string of the molecule is CCOC(=O)OC(=O)c1cccnc1Br. The number of rotatable bonds is 2. The molecule has 15 heavy (non-hydrogen) atoms. The van der Waals surface area contributed by atoms with Gasteiger partial charge < -0.3 is 9.47 Å². The van der Waals surface area contributed by atoms with Crippen molar-refractivity contribution in [2.45, 2.75) is 6.92 Å². The molecule has 1 aromatic rings. The van der Waals surface area contributed by atoms with Crippen molar-refractivity contribution in [2.75, 3.05) is 6.61 Å². The molecule has 0 atom stereocenters. The Hall–Kier alpha value is -1.43. The van der Waals surface area contributed by atoms with Crippen molar-refractivity contribution in [3.8, 4) is 0 Å². The van der Waals surface area contributed by atoms with Gasteiger partial charge in [-0.05, 0) is 35.0 Å². The standard InChI is InChI=1S/C9H8BrNO4/c1-2-14-9(13)15-8(12)6-4-3-5-11-7(6)10/h3-5H,2H2,1H3. The van der Waals surface area contributed by atoms with Crippen molar-refractivity contribution in [3.05, 3.63) is 28.5 Å². The van der Waals surface area contributed by atoms with Crippen molar-refractivity contribution < 1.29 is 19.1 Å². The molecule has 80 valence electrons. The zero-order valence-electron chi connectivity index (χ0n) is 7.90. The summed E-state index contributed by atoms with van der Waals surface area (Å²) in [6.45, 7) is 1.77. The highest BCUT2D eigenvalue weighted by atomic mass is 79.9. The van der Waals surface area contributed by atoms with Crippen molar-refractivity contribution in [1.82, 2.24) is 4.98 Å². The van der Waals surface area contributed by atoms with Gasteiger partial charge in [0.15, 0.2) is 0 Å². The van der Waals surface area contributed by atoms with Crippen molar-refractivity contribution in [3.63, 3.8) is 0 Å². The van der Waals surface area contributed by atoms with E-state index in [4.69, 9.17) is 0 Å². The second-order valence-electron chi connectivity index (χ2n) is 2.41. The fraction of sp³-hybridized carbons (Fsp3) is 0.222. The number of pyridine rings is 1. The third-order valence-electron chi connectivity index (χ3n) is 1.42. The maximum absolute atomic E-state index is 11.4. The number of ether oxygens (including phenoxy) is 2. The number of halogens is 1. The maximum atomic E-state index is 11.4. The highest BCUT2D eigenvalue weighted by molar-refractivity contribution is 9.10. The quantitative estimate of drug-likeness (QED) is 0.469. The van der Waals surface area contributed by atoms with Crippen LogP contribution in [0.1, 0.15) is 17.3 Å². The molecule has 0 aliphatic heterocycles. The summed E-state index contributed by atoms with van der Waals surface area (Å²) in [4.78, 5) is 26.0. The number of aromatic nitrogens is 1. The van der Waals surface area contributed by atoms with Crippen LogP contribution in [0.25, 0.3) is 0 Å². The summed E-state index contributed by atoms with van der Waals surface area (Å²) in [5.41, 5.74) is 0.172. The van der Waals surface area contributed by atoms with Crippen LogP contribution >= 0.6 is 15.9 Å². The van der Waals surface area contributed by atoms with Crippen LogP contribution < -0.4 is 0 Å². The van der Waals surface area contributed by atoms with E-state index in [-0.39, 0.29) is 12.2 Å². The molecule has 0 fully saturated rings. The Kier molecular flexibility index (Phi) is 4.23. The first-order valence-corrected chi connectivity index (χ1v) is 4.94. The molecule has 0 N–H and O–H groups in total. The van der Waals surface area contributed by atoms with E-state index < -0.39 is 12.1 Å². The van der Waals surface area contributed by atoms with Gasteiger partial charge in [0.1, 0.15) is 4.60 Å². The molecule has 0 amide bonds. The van der Waals surface area contributed by atoms with Crippen LogP contribution in [-0.4, -0.2) is 23.7 Å². The Bertz CT molecular complexity index is 380. The Balaban J connectivity index is 2.70. The zero-order valence-corrected chi connectivity index (χ0v) is 9.48. The lowest BCUT2D eigenvalue weighted by Gasteiger charge is -2.03. The van der Waals surface area contributed by atoms with Crippen molar-refractivity contribution in [1.29, 1.82) is 0 Å². The first-order valence-electron chi connectivity index (χ1n) is 4.14. The first-order chi connectivity index (χ1) is 7.15. The van der Waals surface area contributed by atoms with Crippen molar-refractivity contribution in [2.24, 2.45) is 0 Å². The molecule has 6 heteroatoms. The van der Waals surface area contributed by atoms with Gasteiger partial charge in [-0.1, -0.05) is 0 Å². The van der Waals surface area contributed by atoms with E-state index in [0.717, 1.165) is 0 Å². The van der Waals surface area contributed by atoms with E-state index in [9.17, 15) is 9.59 Å². The van der Waals surface area contributed by atoms with Gasteiger partial charge in [0.25, 0.3) is 0 Å². The van der Waals surface area contributed by atoms with Gasteiger partial charge in [-0.15, -0.1) is 0 Å². The lowest BCUT2D eigenvalue weighted by molar-refractivity contribution is 0.0400. The van der Waals surface area contributed by atoms with Gasteiger partial charge in [0.2, 0.25) is 0 Å². The Labute approximate surface area is 94.5 Å². The number of hydrogen-bond donors (Lipinski definition) is 0. The molecule has 0 saturated carbocycles. The van der Waals surface area contributed by atoms with E-state index in [0.29, 0.717) is 4.60 Å². The molecule has 0 unspecified atom stereocenters. The summed E-state index contributed by atoms with van der Waals surface area (Å²) in [6.07, 6.45) is 0.490. The lowest BCUT2D eigenvalue weighted by Crippen LogP contribution is -2.14. The second kappa shape index (κ2) is 5.45. The van der Waals surface area contributed by atoms with E-state index in [2.05, 4.69) is 30.4 Å². The maximum Gasteiger partial charge on any atom is 0.516 e. The average Bonchev–Trinajstić information content (AvgIpc) is 2.18. The molecule has 1 heterocycles. The molecular weight excluding hydrogens is 266 g/mol. The Morgan fingerprint density at radius 3 is 2.87 bits per heavy atom. The number of esters is 1. The van der Waals surface area contributed by atoms with Gasteiger partial charge in [-0.3, -0.25) is 0 Å². The second-order valence-corrected chi connectivity index (χ2v) is 3.17. The monoisotopic (exact) mass is 273 g/mol. The van der Waals surface area contributed by atoms with Crippen LogP contribution in [0.2, 0.25) is 0 Å². The fourth-order valence-corrected chi connectivity index (χ4v) is 1.23. The molecule has 5 nitrogen and oxygen atoms in total. The number of carbonyl (C=O) groups excluding carboxylic acids is 2. The third kappa shape index (κ3) is 3.32. The number of nitrogens with zero attached hydrogens (tertiary/aromatic N) is 1. The summed E-state index contributed by atoms with van der Waals surface area (Å²) < 4.78 is 9.16. The molecule has 0 radical (unpaired) electrons. The minimum absolute atomic E-state index is 0.153. The third-order valence-corrected chi connectivity index (χ3v) is 2.05. The average molecular weight is 274 g/mol. The molecule has 0 bridgehead atoms. The normalized spacial score (nSPS) is 9.47. The minimum Gasteiger partial charge on any atom is -0.434 e. The molecule has 1 rings (SSSR count). The van der Waals surface area contributed by atoms with Crippen LogP contribution in [-0.2, 0) is 9.47 Å². The van der Waals surface area contributed by atoms with E-state index in [1.807, 2.05) is 0 Å². The van der Waals surface area contributed by atoms with Crippen LogP contribution in [0.5, 0.6) is 0 Å². The fourth-order valence-electron chi connectivity index (χ4n) is 0.816. The minimum atomic E-state index is -1.02. The smallest absolute Gasteiger partial charge is 0.434 e. The largest absolute Gasteiger partial charge is 0.516 e. The number of hydrogen-bond acceptors (Lipinski definition) is 5. The van der Waals surface area contributed by atoms with E-state index in [1.54, 1.807) is 13.0 Å². The van der Waals surface area contributed by atoms with E-state index in [1.165, 1.54) is 12.3 Å². The van der Waals surface area contributed by atoms with Crippen LogP contribution in [0.15, 0.2) is 22.9 Å². The highest BCUT2D eigenvalue weighted by Gasteiger charge is 2.16. The summed E-state index contributed by atoms with van der Waals surface area (Å²) >= 11 is 3.06. The summed E-state index contributed by atoms with van der Waals surface area (Å²) in [5, 5.41) is 0. The molecule has 0 spiro atoms. The van der Waals surface area contributed by atoms with Crippen LogP contribution in [0, 0.1) is 0 Å². The van der Waals surface area contributed by atoms with Gasteiger partial charge in [0.05, 0.1) is 12.2 Å². The molecule has 0 aliphatic rings. The molecule has 0 aromatic carbocycles. The van der Waals surface area contributed by atoms with Gasteiger partial charge in [-0.2, -0.15) is 0 Å². The first kappa shape index (κ1) is 11.6. The summed E-state index contributed by atoms with van der Waals surface area (Å²) in [6, 6.07) is 3.05. The molecule has 1 aromatic heterocycles. The van der Waals surface area contributed by atoms with Crippen LogP contribution in [0.4, 0.5) is 4.79 Å². The molecular formula is C9H8BrNO4. The Morgan fingerprint density at radius 1 is 1.53 bits per heavy atom. The highest BCUT2D eigenvalue weighted by Crippen LogP contribution is 2.13.